The van der Waals surface area contributed by atoms with Gasteiger partial charge in [-0.25, -0.2) is 0 Å². The van der Waals surface area contributed by atoms with Gasteiger partial charge in [-0.05, 0) is 71.4 Å². The molecule has 3 heteroatoms. The molecule has 2 aliphatic rings. The molecule has 2 fully saturated rings. The number of hydrogen-bond acceptors (Lipinski definition) is 2. The molecule has 3 rings (SSSR count). The molecule has 1 nitrogen and oxygen atoms in total. The van der Waals surface area contributed by atoms with Crippen LogP contribution >= 0.6 is 27.3 Å². The minimum absolute atomic E-state index is 0.574. The van der Waals surface area contributed by atoms with Crippen LogP contribution in [0.2, 0.25) is 0 Å². The van der Waals surface area contributed by atoms with Crippen LogP contribution in [0.15, 0.2) is 15.9 Å². The van der Waals surface area contributed by atoms with E-state index in [9.17, 15) is 0 Å². The molecule has 2 saturated carbocycles. The second-order valence-electron chi connectivity index (χ2n) is 5.24. The third kappa shape index (κ3) is 1.77. The number of thiophene rings is 1. The largest absolute Gasteiger partial charge is 0.312 e. The Morgan fingerprint density at radius 3 is 2.81 bits per heavy atom. The normalized spacial score (nSPS) is 34.5. The molecule has 88 valence electrons. The van der Waals surface area contributed by atoms with Gasteiger partial charge in [0.15, 0.2) is 0 Å². The Morgan fingerprint density at radius 2 is 2.31 bits per heavy atom. The van der Waals surface area contributed by atoms with Gasteiger partial charge in [0.05, 0.1) is 0 Å². The Balaban J connectivity index is 1.84. The first-order chi connectivity index (χ1) is 7.79. The fourth-order valence-corrected chi connectivity index (χ4v) is 5.57. The second-order valence-corrected chi connectivity index (χ2v) is 7.04. The van der Waals surface area contributed by atoms with Crippen molar-refractivity contribution in [2.75, 3.05) is 7.05 Å². The zero-order valence-corrected chi connectivity index (χ0v) is 12.0. The number of fused-ring (bicyclic) bond motifs is 2. The zero-order valence-electron chi connectivity index (χ0n) is 9.58. The molecule has 1 aromatic heterocycles. The molecule has 1 heterocycles. The number of nitrogens with one attached hydrogen (secondary N) is 1. The van der Waals surface area contributed by atoms with E-state index >= 15 is 0 Å². The Labute approximate surface area is 110 Å². The summed E-state index contributed by atoms with van der Waals surface area (Å²) < 4.78 is 1.29. The van der Waals surface area contributed by atoms with Gasteiger partial charge in [-0.1, -0.05) is 6.42 Å². The first-order valence-electron chi connectivity index (χ1n) is 6.19. The molecule has 2 aliphatic carbocycles. The summed E-state index contributed by atoms with van der Waals surface area (Å²) >= 11 is 5.57. The van der Waals surface area contributed by atoms with Crippen LogP contribution in [0, 0.1) is 17.8 Å². The molecule has 16 heavy (non-hydrogen) atoms. The quantitative estimate of drug-likeness (QED) is 0.882. The average molecular weight is 300 g/mol. The van der Waals surface area contributed by atoms with Crippen molar-refractivity contribution in [2.45, 2.75) is 31.7 Å². The van der Waals surface area contributed by atoms with Gasteiger partial charge in [0.1, 0.15) is 0 Å². The Bertz CT molecular complexity index is 376. The van der Waals surface area contributed by atoms with Gasteiger partial charge < -0.3 is 5.32 Å². The molecule has 0 radical (unpaired) electrons. The van der Waals surface area contributed by atoms with Crippen molar-refractivity contribution in [1.82, 2.24) is 5.32 Å². The van der Waals surface area contributed by atoms with Gasteiger partial charge in [0.2, 0.25) is 0 Å². The SMILES string of the molecule is CNC(c1sccc1Br)C1CC2CCC1C2. The first-order valence-corrected chi connectivity index (χ1v) is 7.87. The highest BCUT2D eigenvalue weighted by molar-refractivity contribution is 9.10. The number of rotatable bonds is 3. The van der Waals surface area contributed by atoms with Crippen molar-refractivity contribution in [2.24, 2.45) is 17.8 Å². The molecule has 0 saturated heterocycles. The molecule has 0 aromatic carbocycles. The van der Waals surface area contributed by atoms with Gasteiger partial charge in [-0.3, -0.25) is 0 Å². The Morgan fingerprint density at radius 1 is 1.44 bits per heavy atom. The highest BCUT2D eigenvalue weighted by atomic mass is 79.9. The predicted molar refractivity (Wildman–Crippen MR) is 72.8 cm³/mol. The van der Waals surface area contributed by atoms with Crippen LogP contribution in [-0.4, -0.2) is 7.05 Å². The molecule has 1 N–H and O–H groups in total. The smallest absolute Gasteiger partial charge is 0.0455 e. The van der Waals surface area contributed by atoms with E-state index in [2.05, 4.69) is 39.7 Å². The van der Waals surface area contributed by atoms with Gasteiger partial charge in [-0.15, -0.1) is 11.3 Å². The minimum atomic E-state index is 0.574. The second kappa shape index (κ2) is 4.43. The fraction of sp³-hybridized carbons (Fsp3) is 0.692. The third-order valence-electron chi connectivity index (χ3n) is 4.46. The van der Waals surface area contributed by atoms with Crippen molar-refractivity contribution in [3.63, 3.8) is 0 Å². The predicted octanol–water partition coefficient (Wildman–Crippen LogP) is 4.21. The summed E-state index contributed by atoms with van der Waals surface area (Å²) in [6.45, 7) is 0. The van der Waals surface area contributed by atoms with Crippen LogP contribution in [0.4, 0.5) is 0 Å². The van der Waals surface area contributed by atoms with E-state index in [-0.39, 0.29) is 0 Å². The van der Waals surface area contributed by atoms with Crippen LogP contribution in [0.25, 0.3) is 0 Å². The van der Waals surface area contributed by atoms with E-state index < -0.39 is 0 Å². The molecule has 4 unspecified atom stereocenters. The molecular formula is C13H18BrNS. The van der Waals surface area contributed by atoms with Crippen molar-refractivity contribution < 1.29 is 0 Å². The van der Waals surface area contributed by atoms with Gasteiger partial charge in [-0.2, -0.15) is 0 Å². The molecule has 0 amide bonds. The highest BCUT2D eigenvalue weighted by Crippen LogP contribution is 2.53. The fourth-order valence-electron chi connectivity index (χ4n) is 3.77. The lowest BCUT2D eigenvalue weighted by molar-refractivity contribution is 0.262. The van der Waals surface area contributed by atoms with Crippen LogP contribution in [-0.2, 0) is 0 Å². The maximum absolute atomic E-state index is 3.68. The lowest BCUT2D eigenvalue weighted by atomic mass is 9.83. The Hall–Kier alpha value is 0.140. The summed E-state index contributed by atoms with van der Waals surface area (Å²) in [6.07, 6.45) is 5.89. The van der Waals surface area contributed by atoms with Crippen LogP contribution in [0.3, 0.4) is 0 Å². The Kier molecular flexibility index (Phi) is 3.11. The lowest BCUT2D eigenvalue weighted by Crippen LogP contribution is -2.28. The maximum Gasteiger partial charge on any atom is 0.0455 e. The highest BCUT2D eigenvalue weighted by Gasteiger charge is 2.43. The van der Waals surface area contributed by atoms with Crippen LogP contribution in [0.5, 0.6) is 0 Å². The van der Waals surface area contributed by atoms with E-state index in [0.717, 1.165) is 17.8 Å². The van der Waals surface area contributed by atoms with E-state index in [1.165, 1.54) is 35.0 Å². The standard InChI is InChI=1S/C13H18BrNS/c1-15-12(13-11(14)4-5-16-13)10-7-8-2-3-9(10)6-8/h4-5,8-10,12,15H,2-3,6-7H2,1H3. The molecule has 2 bridgehead atoms. The van der Waals surface area contributed by atoms with Crippen molar-refractivity contribution in [3.05, 3.63) is 20.8 Å². The van der Waals surface area contributed by atoms with Crippen molar-refractivity contribution in [3.8, 4) is 0 Å². The van der Waals surface area contributed by atoms with Crippen molar-refractivity contribution in [1.29, 1.82) is 0 Å². The lowest BCUT2D eigenvalue weighted by Gasteiger charge is -2.30. The molecule has 0 spiro atoms. The van der Waals surface area contributed by atoms with Gasteiger partial charge in [0, 0.05) is 15.4 Å². The summed E-state index contributed by atoms with van der Waals surface area (Å²) in [7, 11) is 2.11. The van der Waals surface area contributed by atoms with E-state index in [1.54, 1.807) is 0 Å². The first kappa shape index (κ1) is 11.2. The zero-order chi connectivity index (χ0) is 11.1. The molecule has 4 atom stereocenters. The average Bonchev–Trinajstić information content (AvgIpc) is 2.97. The maximum atomic E-state index is 3.68. The van der Waals surface area contributed by atoms with E-state index in [0.29, 0.717) is 6.04 Å². The molecule has 1 aromatic rings. The van der Waals surface area contributed by atoms with E-state index in [4.69, 9.17) is 0 Å². The number of halogens is 1. The van der Waals surface area contributed by atoms with Crippen molar-refractivity contribution >= 4 is 27.3 Å². The molecule has 0 aliphatic heterocycles. The summed E-state index contributed by atoms with van der Waals surface area (Å²) in [4.78, 5) is 1.50. The molecular weight excluding hydrogens is 282 g/mol. The monoisotopic (exact) mass is 299 g/mol. The minimum Gasteiger partial charge on any atom is -0.312 e. The summed E-state index contributed by atoms with van der Waals surface area (Å²) in [6, 6.07) is 2.75. The third-order valence-corrected chi connectivity index (χ3v) is 6.41. The van der Waals surface area contributed by atoms with Gasteiger partial charge in [0.25, 0.3) is 0 Å². The van der Waals surface area contributed by atoms with Gasteiger partial charge >= 0.3 is 0 Å². The van der Waals surface area contributed by atoms with Crippen LogP contribution < -0.4 is 5.32 Å². The number of hydrogen-bond donors (Lipinski definition) is 1. The summed E-state index contributed by atoms with van der Waals surface area (Å²) in [5.41, 5.74) is 0. The topological polar surface area (TPSA) is 12.0 Å². The summed E-state index contributed by atoms with van der Waals surface area (Å²) in [5.74, 6) is 2.89. The summed E-state index contributed by atoms with van der Waals surface area (Å²) in [5, 5.41) is 5.74. The van der Waals surface area contributed by atoms with E-state index in [1.807, 2.05) is 11.3 Å². The van der Waals surface area contributed by atoms with Crippen LogP contribution in [0.1, 0.15) is 36.6 Å².